The molecular formula is C14H20Cl2N2O. The average molecular weight is 303 g/mol. The summed E-state index contributed by atoms with van der Waals surface area (Å²) in [7, 11) is 0. The molecule has 0 aromatic heterocycles. The van der Waals surface area contributed by atoms with Gasteiger partial charge in [0.1, 0.15) is 0 Å². The molecular weight excluding hydrogens is 283 g/mol. The summed E-state index contributed by atoms with van der Waals surface area (Å²) in [6, 6.07) is 6.22. The fourth-order valence-corrected chi connectivity index (χ4v) is 3.08. The highest BCUT2D eigenvalue weighted by molar-refractivity contribution is 6.42. The second-order valence-electron chi connectivity index (χ2n) is 4.77. The third-order valence-electron chi connectivity index (χ3n) is 3.71. The van der Waals surface area contributed by atoms with Crippen molar-refractivity contribution in [2.24, 2.45) is 5.73 Å². The predicted molar refractivity (Wildman–Crippen MR) is 79.9 cm³/mol. The second kappa shape index (κ2) is 6.91. The van der Waals surface area contributed by atoms with Gasteiger partial charge in [-0.05, 0) is 18.1 Å². The molecule has 0 spiro atoms. The van der Waals surface area contributed by atoms with Gasteiger partial charge in [-0.3, -0.25) is 4.90 Å². The second-order valence-corrected chi connectivity index (χ2v) is 5.55. The number of benzene rings is 1. The van der Waals surface area contributed by atoms with E-state index in [2.05, 4.69) is 11.8 Å². The molecule has 1 aliphatic heterocycles. The number of nitrogens with zero attached hydrogens (tertiary/aromatic N) is 1. The fourth-order valence-electron chi connectivity index (χ4n) is 2.65. The molecule has 2 atom stereocenters. The van der Waals surface area contributed by atoms with E-state index < -0.39 is 0 Å². The highest BCUT2D eigenvalue weighted by Crippen LogP contribution is 2.34. The monoisotopic (exact) mass is 302 g/mol. The zero-order valence-corrected chi connectivity index (χ0v) is 12.6. The van der Waals surface area contributed by atoms with Crippen molar-refractivity contribution in [1.29, 1.82) is 0 Å². The molecule has 106 valence electrons. The first kappa shape index (κ1) is 15.1. The minimum absolute atomic E-state index is 0.0973. The number of halogens is 2. The largest absolute Gasteiger partial charge is 0.378 e. The Hall–Kier alpha value is -0.320. The number of hydrogen-bond acceptors (Lipinski definition) is 3. The summed E-state index contributed by atoms with van der Waals surface area (Å²) in [5.41, 5.74) is 7.00. The lowest BCUT2D eigenvalue weighted by Crippen LogP contribution is -2.48. The van der Waals surface area contributed by atoms with Gasteiger partial charge >= 0.3 is 0 Å². The normalized spacial score (nSPS) is 22.4. The van der Waals surface area contributed by atoms with Gasteiger partial charge in [-0.25, -0.2) is 0 Å². The first-order chi connectivity index (χ1) is 9.19. The van der Waals surface area contributed by atoms with Crippen molar-refractivity contribution in [3.8, 4) is 0 Å². The van der Waals surface area contributed by atoms with Crippen LogP contribution in [0.25, 0.3) is 0 Å². The van der Waals surface area contributed by atoms with E-state index in [4.69, 9.17) is 33.7 Å². The molecule has 2 rings (SSSR count). The van der Waals surface area contributed by atoms with Crippen molar-refractivity contribution >= 4 is 23.2 Å². The standard InChI is InChI=1S/C14H20Cl2N2O/c1-2-10-9-19-7-6-18(10)13(8-17)11-4-3-5-12(15)14(11)16/h3-5,10,13H,2,6-9,17H2,1H3. The van der Waals surface area contributed by atoms with Crippen LogP contribution in [-0.4, -0.2) is 37.2 Å². The Morgan fingerprint density at radius 1 is 1.47 bits per heavy atom. The molecule has 0 aliphatic carbocycles. The summed E-state index contributed by atoms with van der Waals surface area (Å²) in [6.07, 6.45) is 1.04. The number of morpholine rings is 1. The molecule has 3 nitrogen and oxygen atoms in total. The lowest BCUT2D eigenvalue weighted by atomic mass is 10.0. The molecule has 2 N–H and O–H groups in total. The summed E-state index contributed by atoms with van der Waals surface area (Å²) < 4.78 is 5.55. The van der Waals surface area contributed by atoms with Crippen LogP contribution in [0.5, 0.6) is 0 Å². The van der Waals surface area contributed by atoms with Gasteiger partial charge in [0.2, 0.25) is 0 Å². The van der Waals surface area contributed by atoms with Crippen LogP contribution >= 0.6 is 23.2 Å². The van der Waals surface area contributed by atoms with Crippen LogP contribution < -0.4 is 5.73 Å². The van der Waals surface area contributed by atoms with Crippen LogP contribution in [0, 0.1) is 0 Å². The zero-order valence-electron chi connectivity index (χ0n) is 11.1. The molecule has 1 heterocycles. The Bertz CT molecular complexity index is 428. The Morgan fingerprint density at radius 3 is 2.95 bits per heavy atom. The zero-order chi connectivity index (χ0) is 13.8. The third kappa shape index (κ3) is 3.23. The maximum atomic E-state index is 6.33. The summed E-state index contributed by atoms with van der Waals surface area (Å²) in [5.74, 6) is 0. The van der Waals surface area contributed by atoms with E-state index in [1.807, 2.05) is 12.1 Å². The van der Waals surface area contributed by atoms with E-state index >= 15 is 0 Å². The lowest BCUT2D eigenvalue weighted by Gasteiger charge is -2.40. The van der Waals surface area contributed by atoms with Crippen molar-refractivity contribution in [2.45, 2.75) is 25.4 Å². The lowest BCUT2D eigenvalue weighted by molar-refractivity contribution is -0.0290. The third-order valence-corrected chi connectivity index (χ3v) is 4.54. The number of rotatable bonds is 4. The molecule has 1 aromatic rings. The minimum Gasteiger partial charge on any atom is -0.378 e. The van der Waals surface area contributed by atoms with Gasteiger partial charge in [0.05, 0.1) is 23.3 Å². The summed E-state index contributed by atoms with van der Waals surface area (Å²) in [6.45, 7) is 5.07. The summed E-state index contributed by atoms with van der Waals surface area (Å²) in [5, 5.41) is 1.19. The van der Waals surface area contributed by atoms with Crippen LogP contribution in [0.3, 0.4) is 0 Å². The van der Waals surface area contributed by atoms with Crippen LogP contribution in [0.15, 0.2) is 18.2 Å². The van der Waals surface area contributed by atoms with E-state index in [0.717, 1.165) is 31.7 Å². The fraction of sp³-hybridized carbons (Fsp3) is 0.571. The maximum absolute atomic E-state index is 6.33. The smallest absolute Gasteiger partial charge is 0.0640 e. The molecule has 1 aromatic carbocycles. The van der Waals surface area contributed by atoms with Gasteiger partial charge in [0.25, 0.3) is 0 Å². The predicted octanol–water partition coefficient (Wildman–Crippen LogP) is 3.10. The molecule has 0 radical (unpaired) electrons. The topological polar surface area (TPSA) is 38.5 Å². The molecule has 0 bridgehead atoms. The van der Waals surface area contributed by atoms with Crippen molar-refractivity contribution < 1.29 is 4.74 Å². The quantitative estimate of drug-likeness (QED) is 0.929. The Kier molecular flexibility index (Phi) is 5.48. The molecule has 19 heavy (non-hydrogen) atoms. The van der Waals surface area contributed by atoms with E-state index in [9.17, 15) is 0 Å². The van der Waals surface area contributed by atoms with Gasteiger partial charge in [0.15, 0.2) is 0 Å². The van der Waals surface area contributed by atoms with Crippen molar-refractivity contribution in [3.63, 3.8) is 0 Å². The van der Waals surface area contributed by atoms with Gasteiger partial charge < -0.3 is 10.5 Å². The summed E-state index contributed by atoms with van der Waals surface area (Å²) >= 11 is 12.4. The molecule has 5 heteroatoms. The van der Waals surface area contributed by atoms with Crippen LogP contribution in [0.1, 0.15) is 24.9 Å². The summed E-state index contributed by atoms with van der Waals surface area (Å²) in [4.78, 5) is 2.39. The SMILES string of the molecule is CCC1COCCN1C(CN)c1cccc(Cl)c1Cl. The molecule has 0 saturated carbocycles. The van der Waals surface area contributed by atoms with Crippen molar-refractivity contribution in [3.05, 3.63) is 33.8 Å². The van der Waals surface area contributed by atoms with E-state index in [1.165, 1.54) is 0 Å². The van der Waals surface area contributed by atoms with Gasteiger partial charge in [-0.2, -0.15) is 0 Å². The van der Waals surface area contributed by atoms with Crippen LogP contribution in [-0.2, 0) is 4.74 Å². The molecule has 1 aliphatic rings. The van der Waals surface area contributed by atoms with Crippen LogP contribution in [0.2, 0.25) is 10.0 Å². The highest BCUT2D eigenvalue weighted by Gasteiger charge is 2.29. The molecule has 2 unspecified atom stereocenters. The number of hydrogen-bond donors (Lipinski definition) is 1. The molecule has 1 fully saturated rings. The Balaban J connectivity index is 2.30. The number of nitrogens with two attached hydrogens (primary N) is 1. The molecule has 0 amide bonds. The maximum Gasteiger partial charge on any atom is 0.0640 e. The highest BCUT2D eigenvalue weighted by atomic mass is 35.5. The number of ether oxygens (including phenoxy) is 1. The van der Waals surface area contributed by atoms with Crippen LogP contribution in [0.4, 0.5) is 0 Å². The van der Waals surface area contributed by atoms with E-state index in [1.54, 1.807) is 6.07 Å². The Labute approximate surface area is 124 Å². The minimum atomic E-state index is 0.0973. The van der Waals surface area contributed by atoms with Gasteiger partial charge in [-0.1, -0.05) is 42.3 Å². The van der Waals surface area contributed by atoms with E-state index in [0.29, 0.717) is 22.6 Å². The first-order valence-electron chi connectivity index (χ1n) is 6.66. The Morgan fingerprint density at radius 2 is 2.26 bits per heavy atom. The first-order valence-corrected chi connectivity index (χ1v) is 7.42. The van der Waals surface area contributed by atoms with Gasteiger partial charge in [0, 0.05) is 25.2 Å². The molecule has 1 saturated heterocycles. The average Bonchev–Trinajstić information content (AvgIpc) is 2.45. The van der Waals surface area contributed by atoms with Crippen molar-refractivity contribution in [2.75, 3.05) is 26.3 Å². The van der Waals surface area contributed by atoms with Crippen molar-refractivity contribution in [1.82, 2.24) is 4.90 Å². The van der Waals surface area contributed by atoms with Gasteiger partial charge in [-0.15, -0.1) is 0 Å². The van der Waals surface area contributed by atoms with E-state index in [-0.39, 0.29) is 6.04 Å².